The molecule has 2 amide bonds. The standard InChI is InChI=1S/C18H27ClN2O6/c1-12(2)27-8-7-26-11-14(22)10-21(3)18(24)20-13-5-6-16(19)15(9-13)17(23)25-4/h5-6,9,12,14,22H,7-8,10-11H2,1-4H3,(H,20,24). The molecular formula is C18H27ClN2O6. The predicted octanol–water partition coefficient (Wildman–Crippen LogP) is 2.39. The van der Waals surface area contributed by atoms with Gasteiger partial charge in [0.1, 0.15) is 0 Å². The average Bonchev–Trinajstić information content (AvgIpc) is 2.61. The molecule has 0 saturated heterocycles. The zero-order valence-electron chi connectivity index (χ0n) is 16.0. The fourth-order valence-electron chi connectivity index (χ4n) is 2.10. The summed E-state index contributed by atoms with van der Waals surface area (Å²) in [5.74, 6) is -0.599. The Bertz CT molecular complexity index is 626. The summed E-state index contributed by atoms with van der Waals surface area (Å²) in [7, 11) is 2.79. The zero-order valence-corrected chi connectivity index (χ0v) is 16.8. The molecule has 0 fully saturated rings. The van der Waals surface area contributed by atoms with Crippen molar-refractivity contribution in [1.29, 1.82) is 0 Å². The molecule has 1 aromatic carbocycles. The summed E-state index contributed by atoms with van der Waals surface area (Å²) in [6.45, 7) is 4.83. The minimum absolute atomic E-state index is 0.0777. The maximum Gasteiger partial charge on any atom is 0.339 e. The van der Waals surface area contributed by atoms with Crippen molar-refractivity contribution >= 4 is 29.3 Å². The van der Waals surface area contributed by atoms with Gasteiger partial charge >= 0.3 is 12.0 Å². The molecule has 1 rings (SSSR count). The Morgan fingerprint density at radius 3 is 2.63 bits per heavy atom. The lowest BCUT2D eigenvalue weighted by Gasteiger charge is -2.21. The van der Waals surface area contributed by atoms with Crippen molar-refractivity contribution < 1.29 is 28.9 Å². The highest BCUT2D eigenvalue weighted by Crippen LogP contribution is 2.21. The van der Waals surface area contributed by atoms with Crippen molar-refractivity contribution in [2.45, 2.75) is 26.1 Å². The molecular weight excluding hydrogens is 376 g/mol. The average molecular weight is 403 g/mol. The first kappa shape index (κ1) is 23.2. The van der Waals surface area contributed by atoms with Crippen LogP contribution in [0.1, 0.15) is 24.2 Å². The van der Waals surface area contributed by atoms with Gasteiger partial charge in [-0.05, 0) is 32.0 Å². The fraction of sp³-hybridized carbons (Fsp3) is 0.556. The zero-order chi connectivity index (χ0) is 20.4. The molecule has 2 N–H and O–H groups in total. The highest BCUT2D eigenvalue weighted by Gasteiger charge is 2.16. The molecule has 0 bridgehead atoms. The number of carbonyl (C=O) groups is 2. The van der Waals surface area contributed by atoms with E-state index in [2.05, 4.69) is 10.1 Å². The van der Waals surface area contributed by atoms with Crippen molar-refractivity contribution in [3.05, 3.63) is 28.8 Å². The first-order chi connectivity index (χ1) is 12.7. The predicted molar refractivity (Wildman–Crippen MR) is 102 cm³/mol. The number of halogens is 1. The third-order valence-corrected chi connectivity index (χ3v) is 3.77. The number of methoxy groups -OCH3 is 1. The van der Waals surface area contributed by atoms with Crippen molar-refractivity contribution in [2.75, 3.05) is 45.8 Å². The van der Waals surface area contributed by atoms with E-state index in [9.17, 15) is 14.7 Å². The van der Waals surface area contributed by atoms with E-state index in [1.807, 2.05) is 13.8 Å². The van der Waals surface area contributed by atoms with Gasteiger partial charge < -0.3 is 29.5 Å². The molecule has 9 heteroatoms. The molecule has 8 nitrogen and oxygen atoms in total. The van der Waals surface area contributed by atoms with E-state index >= 15 is 0 Å². The number of carbonyl (C=O) groups excluding carboxylic acids is 2. The molecule has 0 aliphatic carbocycles. The first-order valence-electron chi connectivity index (χ1n) is 8.52. The topological polar surface area (TPSA) is 97.3 Å². The van der Waals surface area contributed by atoms with Crippen LogP contribution < -0.4 is 5.32 Å². The van der Waals surface area contributed by atoms with Crippen molar-refractivity contribution in [1.82, 2.24) is 4.90 Å². The van der Waals surface area contributed by atoms with Crippen LogP contribution in [0, 0.1) is 0 Å². The van der Waals surface area contributed by atoms with E-state index < -0.39 is 18.1 Å². The maximum atomic E-state index is 12.2. The number of hydrogen-bond acceptors (Lipinski definition) is 6. The Balaban J connectivity index is 2.46. The third-order valence-electron chi connectivity index (χ3n) is 3.44. The number of hydrogen-bond donors (Lipinski definition) is 2. The molecule has 0 aromatic heterocycles. The van der Waals surface area contributed by atoms with Crippen LogP contribution in [-0.4, -0.2) is 74.7 Å². The quantitative estimate of drug-likeness (QED) is 0.460. The van der Waals surface area contributed by atoms with Crippen LogP contribution in [0.15, 0.2) is 18.2 Å². The number of aliphatic hydroxyl groups excluding tert-OH is 1. The Labute approximate surface area is 164 Å². The fourth-order valence-corrected chi connectivity index (χ4v) is 2.30. The molecule has 0 saturated carbocycles. The van der Waals surface area contributed by atoms with E-state index in [-0.39, 0.29) is 29.8 Å². The normalized spacial score (nSPS) is 12.0. The lowest BCUT2D eigenvalue weighted by atomic mass is 10.2. The highest BCUT2D eigenvalue weighted by atomic mass is 35.5. The summed E-state index contributed by atoms with van der Waals surface area (Å²) in [5.41, 5.74) is 0.532. The molecule has 1 aromatic rings. The second-order valence-electron chi connectivity index (χ2n) is 6.15. The van der Waals surface area contributed by atoms with Gasteiger partial charge in [0.15, 0.2) is 0 Å². The minimum Gasteiger partial charge on any atom is -0.465 e. The largest absolute Gasteiger partial charge is 0.465 e. The van der Waals surface area contributed by atoms with Crippen LogP contribution in [0.4, 0.5) is 10.5 Å². The van der Waals surface area contributed by atoms with E-state index in [4.69, 9.17) is 21.1 Å². The number of benzene rings is 1. The summed E-state index contributed by atoms with van der Waals surface area (Å²) in [4.78, 5) is 25.2. The SMILES string of the molecule is COC(=O)c1cc(NC(=O)N(C)CC(O)COCCOC(C)C)ccc1Cl. The number of urea groups is 1. The van der Waals surface area contributed by atoms with Crippen molar-refractivity contribution in [2.24, 2.45) is 0 Å². The lowest BCUT2D eigenvalue weighted by molar-refractivity contribution is -0.0144. The van der Waals surface area contributed by atoms with E-state index in [1.54, 1.807) is 6.07 Å². The van der Waals surface area contributed by atoms with Crippen LogP contribution in [0.25, 0.3) is 0 Å². The summed E-state index contributed by atoms with van der Waals surface area (Å²) in [5, 5.41) is 12.8. The van der Waals surface area contributed by atoms with Crippen LogP contribution in [0.2, 0.25) is 5.02 Å². The summed E-state index contributed by atoms with van der Waals surface area (Å²) in [6, 6.07) is 4.03. The molecule has 1 atom stereocenters. The Morgan fingerprint density at radius 1 is 1.30 bits per heavy atom. The van der Waals surface area contributed by atoms with Crippen molar-refractivity contribution in [3.63, 3.8) is 0 Å². The minimum atomic E-state index is -0.837. The van der Waals surface area contributed by atoms with Crippen LogP contribution >= 0.6 is 11.6 Å². The second-order valence-corrected chi connectivity index (χ2v) is 6.55. The lowest BCUT2D eigenvalue weighted by Crippen LogP contribution is -2.39. The van der Waals surface area contributed by atoms with Gasteiger partial charge in [0.2, 0.25) is 0 Å². The van der Waals surface area contributed by atoms with Gasteiger partial charge in [0.05, 0.1) is 56.3 Å². The Morgan fingerprint density at radius 2 is 2.00 bits per heavy atom. The highest BCUT2D eigenvalue weighted by molar-refractivity contribution is 6.33. The molecule has 0 spiro atoms. The maximum absolute atomic E-state index is 12.2. The van der Waals surface area contributed by atoms with Gasteiger partial charge in [-0.3, -0.25) is 0 Å². The van der Waals surface area contributed by atoms with Gasteiger partial charge in [-0.2, -0.15) is 0 Å². The molecule has 0 aliphatic rings. The van der Waals surface area contributed by atoms with Crippen LogP contribution in [0.3, 0.4) is 0 Å². The number of aliphatic hydroxyl groups is 1. The summed E-state index contributed by atoms with van der Waals surface area (Å²) < 4.78 is 15.3. The Kier molecular flexibility index (Phi) is 10.1. The molecule has 27 heavy (non-hydrogen) atoms. The number of nitrogens with zero attached hydrogens (tertiary/aromatic N) is 1. The smallest absolute Gasteiger partial charge is 0.339 e. The van der Waals surface area contributed by atoms with E-state index in [1.165, 1.54) is 31.2 Å². The molecule has 152 valence electrons. The van der Waals surface area contributed by atoms with E-state index in [0.717, 1.165) is 0 Å². The van der Waals surface area contributed by atoms with Crippen LogP contribution in [0.5, 0.6) is 0 Å². The number of anilines is 1. The number of amides is 2. The van der Waals surface area contributed by atoms with Gasteiger partial charge in [0, 0.05) is 12.7 Å². The first-order valence-corrected chi connectivity index (χ1v) is 8.89. The third kappa shape index (κ3) is 8.57. The van der Waals surface area contributed by atoms with Crippen molar-refractivity contribution in [3.8, 4) is 0 Å². The monoisotopic (exact) mass is 402 g/mol. The number of likely N-dealkylation sites (N-methyl/N-ethyl adjacent to an activating group) is 1. The second kappa shape index (κ2) is 11.8. The van der Waals surface area contributed by atoms with Gasteiger partial charge in [0.25, 0.3) is 0 Å². The number of rotatable bonds is 10. The van der Waals surface area contributed by atoms with Crippen LogP contribution in [-0.2, 0) is 14.2 Å². The number of nitrogens with one attached hydrogen (secondary N) is 1. The number of ether oxygens (including phenoxy) is 3. The van der Waals surface area contributed by atoms with E-state index in [0.29, 0.717) is 18.9 Å². The molecule has 1 unspecified atom stereocenters. The molecule has 0 radical (unpaired) electrons. The molecule has 0 heterocycles. The summed E-state index contributed by atoms with van der Waals surface area (Å²) >= 11 is 5.95. The summed E-state index contributed by atoms with van der Waals surface area (Å²) in [6.07, 6.45) is -0.712. The molecule has 0 aliphatic heterocycles. The van der Waals surface area contributed by atoms with Gasteiger partial charge in [-0.1, -0.05) is 11.6 Å². The Hall–Kier alpha value is -1.87. The van der Waals surface area contributed by atoms with Gasteiger partial charge in [-0.15, -0.1) is 0 Å². The number of esters is 1. The van der Waals surface area contributed by atoms with Gasteiger partial charge in [-0.25, -0.2) is 9.59 Å².